The highest BCUT2D eigenvalue weighted by Gasteiger charge is 2.30. The van der Waals surface area contributed by atoms with Crippen molar-refractivity contribution in [3.63, 3.8) is 0 Å². The van der Waals surface area contributed by atoms with Crippen LogP contribution in [0.2, 0.25) is 0 Å². The number of carbonyl (C=O) groups excluding carboxylic acids is 1. The van der Waals surface area contributed by atoms with Gasteiger partial charge < -0.3 is 25.5 Å². The van der Waals surface area contributed by atoms with Gasteiger partial charge in [-0.25, -0.2) is 0 Å². The molecule has 2 heterocycles. The second-order valence-corrected chi connectivity index (χ2v) is 9.30. The quantitative estimate of drug-likeness (QED) is 0.484. The average Bonchev–Trinajstić information content (AvgIpc) is 3.31. The van der Waals surface area contributed by atoms with Crippen molar-refractivity contribution in [3.05, 3.63) is 47.4 Å². The predicted molar refractivity (Wildman–Crippen MR) is 122 cm³/mol. The SMILES string of the molecule is CNC(=O)c1cccc(NC2=NS(=O)(=O)N=C2N[C@@H](c2cc(C(C)C)co2)C(C)C)c1O. The molecule has 1 aliphatic heterocycles. The maximum absolute atomic E-state index is 12.1. The molecule has 0 radical (unpaired) electrons. The summed E-state index contributed by atoms with van der Waals surface area (Å²) in [7, 11) is -2.67. The minimum atomic E-state index is -4.11. The lowest BCUT2D eigenvalue weighted by molar-refractivity contribution is 0.0960. The molecule has 0 aliphatic carbocycles. The fraction of sp³-hybridized carbons (Fsp3) is 0.381. The smallest absolute Gasteiger partial charge is 0.367 e. The summed E-state index contributed by atoms with van der Waals surface area (Å²) in [4.78, 5) is 11.9. The lowest BCUT2D eigenvalue weighted by Crippen LogP contribution is -2.38. The van der Waals surface area contributed by atoms with E-state index >= 15 is 0 Å². The second-order valence-electron chi connectivity index (χ2n) is 8.04. The predicted octanol–water partition coefficient (Wildman–Crippen LogP) is 2.92. The fourth-order valence-electron chi connectivity index (χ4n) is 3.15. The lowest BCUT2D eigenvalue weighted by Gasteiger charge is -2.22. The van der Waals surface area contributed by atoms with Gasteiger partial charge >= 0.3 is 10.2 Å². The van der Waals surface area contributed by atoms with E-state index in [-0.39, 0.29) is 46.5 Å². The first-order chi connectivity index (χ1) is 15.0. The van der Waals surface area contributed by atoms with Crippen molar-refractivity contribution in [2.75, 3.05) is 12.4 Å². The van der Waals surface area contributed by atoms with Gasteiger partial charge in [-0.05, 0) is 35.6 Å². The number of aromatic hydroxyl groups is 1. The molecule has 0 spiro atoms. The zero-order valence-corrected chi connectivity index (χ0v) is 19.3. The lowest BCUT2D eigenvalue weighted by atomic mass is 9.99. The summed E-state index contributed by atoms with van der Waals surface area (Å²) in [6, 6.07) is 6.03. The Kier molecular flexibility index (Phi) is 6.58. The van der Waals surface area contributed by atoms with Gasteiger partial charge in [0.1, 0.15) is 5.76 Å². The minimum Gasteiger partial charge on any atom is -0.505 e. The molecule has 1 aromatic heterocycles. The number of hydrogen-bond donors (Lipinski definition) is 4. The van der Waals surface area contributed by atoms with E-state index in [1.165, 1.54) is 19.2 Å². The summed E-state index contributed by atoms with van der Waals surface area (Å²) in [5, 5.41) is 18.8. The number of amidine groups is 2. The van der Waals surface area contributed by atoms with Crippen LogP contribution in [-0.4, -0.2) is 38.2 Å². The number of nitrogens with zero attached hydrogens (tertiary/aromatic N) is 2. The van der Waals surface area contributed by atoms with Crippen LogP contribution in [0.15, 0.2) is 43.7 Å². The normalized spacial score (nSPS) is 16.0. The molecule has 0 saturated carbocycles. The Bertz CT molecular complexity index is 1180. The Hall–Kier alpha value is -3.34. The monoisotopic (exact) mass is 461 g/mol. The highest BCUT2D eigenvalue weighted by atomic mass is 32.2. The molecule has 0 fully saturated rings. The first kappa shape index (κ1) is 23.3. The molecule has 11 heteroatoms. The minimum absolute atomic E-state index is 0.0176. The highest BCUT2D eigenvalue weighted by molar-refractivity contribution is 7.89. The van der Waals surface area contributed by atoms with Crippen molar-refractivity contribution in [3.8, 4) is 5.75 Å². The van der Waals surface area contributed by atoms with Crippen LogP contribution in [0.1, 0.15) is 61.3 Å². The van der Waals surface area contributed by atoms with Crippen LogP contribution in [-0.2, 0) is 10.2 Å². The van der Waals surface area contributed by atoms with E-state index in [4.69, 9.17) is 4.42 Å². The number of rotatable bonds is 6. The van der Waals surface area contributed by atoms with Gasteiger partial charge in [-0.3, -0.25) is 4.79 Å². The largest absolute Gasteiger partial charge is 0.505 e. The average molecular weight is 462 g/mol. The first-order valence-corrected chi connectivity index (χ1v) is 11.5. The Morgan fingerprint density at radius 3 is 2.41 bits per heavy atom. The van der Waals surface area contributed by atoms with Crippen LogP contribution in [0, 0.1) is 5.92 Å². The Morgan fingerprint density at radius 1 is 1.12 bits per heavy atom. The number of para-hydroxylation sites is 1. The summed E-state index contributed by atoms with van der Waals surface area (Å²) in [5.74, 6) is -0.00705. The number of amides is 1. The molecular weight excluding hydrogens is 434 g/mol. The van der Waals surface area contributed by atoms with Gasteiger partial charge in [-0.2, -0.15) is 8.42 Å². The van der Waals surface area contributed by atoms with Crippen molar-refractivity contribution in [1.29, 1.82) is 0 Å². The Labute approximate surface area is 187 Å². The van der Waals surface area contributed by atoms with E-state index in [1.54, 1.807) is 12.3 Å². The van der Waals surface area contributed by atoms with Crippen LogP contribution in [0.3, 0.4) is 0 Å². The Morgan fingerprint density at radius 2 is 1.81 bits per heavy atom. The number of anilines is 1. The van der Waals surface area contributed by atoms with Gasteiger partial charge in [-0.1, -0.05) is 33.8 Å². The number of phenolic OH excluding ortho intramolecular Hbond substituents is 1. The van der Waals surface area contributed by atoms with Crippen LogP contribution in [0.25, 0.3) is 0 Å². The molecule has 32 heavy (non-hydrogen) atoms. The molecule has 0 unspecified atom stereocenters. The molecule has 0 bridgehead atoms. The van der Waals surface area contributed by atoms with Gasteiger partial charge in [0.05, 0.1) is 23.6 Å². The highest BCUT2D eigenvalue weighted by Crippen LogP contribution is 2.30. The summed E-state index contributed by atoms with van der Waals surface area (Å²) in [6.45, 7) is 8.02. The molecule has 1 atom stereocenters. The molecule has 4 N–H and O–H groups in total. The number of phenols is 1. The summed E-state index contributed by atoms with van der Waals surface area (Å²) >= 11 is 0. The second kappa shape index (κ2) is 9.03. The third kappa shape index (κ3) is 4.93. The van der Waals surface area contributed by atoms with E-state index in [9.17, 15) is 18.3 Å². The van der Waals surface area contributed by atoms with Gasteiger partial charge in [0.2, 0.25) is 0 Å². The van der Waals surface area contributed by atoms with Crippen LogP contribution in [0.5, 0.6) is 5.75 Å². The molecule has 2 aromatic rings. The zero-order chi connectivity index (χ0) is 23.6. The molecule has 0 saturated heterocycles. The van der Waals surface area contributed by atoms with Crippen molar-refractivity contribution in [2.24, 2.45) is 14.7 Å². The van der Waals surface area contributed by atoms with Crippen LogP contribution < -0.4 is 16.0 Å². The molecule has 3 rings (SSSR count). The first-order valence-electron chi connectivity index (χ1n) is 10.1. The van der Waals surface area contributed by atoms with Crippen LogP contribution in [0.4, 0.5) is 5.69 Å². The number of carbonyl (C=O) groups is 1. The molecule has 172 valence electrons. The number of nitrogens with one attached hydrogen (secondary N) is 3. The van der Waals surface area contributed by atoms with Gasteiger partial charge in [0.15, 0.2) is 17.4 Å². The number of furan rings is 1. The van der Waals surface area contributed by atoms with E-state index < -0.39 is 16.1 Å². The maximum atomic E-state index is 12.1. The number of benzene rings is 1. The maximum Gasteiger partial charge on any atom is 0.367 e. The third-order valence-electron chi connectivity index (χ3n) is 4.97. The van der Waals surface area contributed by atoms with E-state index in [0.717, 1.165) is 5.56 Å². The molecule has 1 aliphatic rings. The standard InChI is InChI=1S/C21H27N5O5S/c1-11(2)13-9-16(31-10-13)17(12(3)4)24-20-19(25-32(29,30)26-20)23-15-8-6-7-14(18(15)27)21(28)22-5/h6-12,17,27H,1-5H3,(H,22,28)(H,23,25)(H,24,26)/t17-/m1/s1. The van der Waals surface area contributed by atoms with E-state index in [1.807, 2.05) is 33.8 Å². The van der Waals surface area contributed by atoms with E-state index in [0.29, 0.717) is 5.76 Å². The Balaban J connectivity index is 1.91. The van der Waals surface area contributed by atoms with Gasteiger partial charge in [0.25, 0.3) is 5.91 Å². The van der Waals surface area contributed by atoms with Crippen molar-refractivity contribution in [2.45, 2.75) is 39.7 Å². The molecular formula is C21H27N5O5S. The summed E-state index contributed by atoms with van der Waals surface area (Å²) in [5.41, 5.74) is 1.16. The van der Waals surface area contributed by atoms with Crippen LogP contribution >= 0.6 is 0 Å². The summed E-state index contributed by atoms with van der Waals surface area (Å²) < 4.78 is 37.3. The van der Waals surface area contributed by atoms with Gasteiger partial charge in [-0.15, -0.1) is 8.80 Å². The zero-order valence-electron chi connectivity index (χ0n) is 18.5. The molecule has 1 aromatic carbocycles. The number of hydrogen-bond acceptors (Lipinski definition) is 7. The van der Waals surface area contributed by atoms with Crippen molar-refractivity contribution >= 4 is 33.5 Å². The van der Waals surface area contributed by atoms with Gasteiger partial charge in [0, 0.05) is 7.05 Å². The topological polar surface area (TPSA) is 145 Å². The summed E-state index contributed by atoms with van der Waals surface area (Å²) in [6.07, 6.45) is 1.68. The molecule has 1 amide bonds. The van der Waals surface area contributed by atoms with E-state index in [2.05, 4.69) is 24.7 Å². The third-order valence-corrected chi connectivity index (χ3v) is 5.80. The van der Waals surface area contributed by atoms with Crippen molar-refractivity contribution < 1.29 is 22.7 Å². The fourth-order valence-corrected chi connectivity index (χ4v) is 3.93. The molecule has 10 nitrogen and oxygen atoms in total. The van der Waals surface area contributed by atoms with Crippen molar-refractivity contribution in [1.82, 2.24) is 10.6 Å².